The van der Waals surface area contributed by atoms with Gasteiger partial charge in [0.15, 0.2) is 0 Å². The van der Waals surface area contributed by atoms with E-state index in [1.165, 1.54) is 102 Å². The highest BCUT2D eigenvalue weighted by molar-refractivity contribution is 7.00. The van der Waals surface area contributed by atoms with Gasteiger partial charge in [0.25, 0.3) is 6.71 Å². The summed E-state index contributed by atoms with van der Waals surface area (Å²) in [7, 11) is 0. The summed E-state index contributed by atoms with van der Waals surface area (Å²) in [4.78, 5) is 11.2. The molecule has 5 heteroatoms. The Morgan fingerprint density at radius 1 is 0.578 bits per heavy atom. The van der Waals surface area contributed by atoms with Crippen molar-refractivity contribution in [3.8, 4) is 11.4 Å². The molecule has 0 saturated heterocycles. The van der Waals surface area contributed by atoms with Gasteiger partial charge in [0.1, 0.15) is 11.6 Å². The third-order valence-electron chi connectivity index (χ3n) is 13.0. The third-order valence-corrected chi connectivity index (χ3v) is 13.0. The van der Waals surface area contributed by atoms with Crippen molar-refractivity contribution in [2.24, 2.45) is 0 Å². The summed E-state index contributed by atoms with van der Waals surface area (Å²) >= 11 is 0. The average molecular weight is 591 g/mol. The first-order valence-electron chi connectivity index (χ1n) is 17.9. The first kappa shape index (κ1) is 25.8. The first-order chi connectivity index (χ1) is 21.6. The topological polar surface area (TPSA) is 35.6 Å². The number of hydrogen-bond donors (Lipinski definition) is 0. The number of aromatic nitrogens is 4. The van der Waals surface area contributed by atoms with E-state index in [4.69, 9.17) is 9.97 Å². The summed E-state index contributed by atoms with van der Waals surface area (Å²) in [5.41, 5.74) is 19.3. The largest absolute Gasteiger partial charge is 0.297 e. The lowest BCUT2D eigenvalue weighted by Gasteiger charge is -2.45. The minimum absolute atomic E-state index is 0.0743. The number of hydrogen-bond acceptors (Lipinski definition) is 2. The molecule has 0 unspecified atom stereocenters. The first-order valence-corrected chi connectivity index (χ1v) is 17.9. The molecule has 0 atom stereocenters. The predicted molar refractivity (Wildman–Crippen MR) is 186 cm³/mol. The molecule has 0 amide bonds. The minimum Gasteiger partial charge on any atom is -0.297 e. The Morgan fingerprint density at radius 3 is 1.38 bits per heavy atom. The van der Waals surface area contributed by atoms with Crippen LogP contribution in [0.25, 0.3) is 33.4 Å². The Labute approximate surface area is 266 Å². The molecule has 13 rings (SSSR count). The summed E-state index contributed by atoms with van der Waals surface area (Å²) in [5, 5.41) is 0. The van der Waals surface area contributed by atoms with E-state index in [1.54, 1.807) is 33.2 Å². The van der Waals surface area contributed by atoms with Crippen LogP contribution < -0.4 is 16.4 Å². The van der Waals surface area contributed by atoms with Crippen LogP contribution in [0.15, 0.2) is 30.3 Å². The second kappa shape index (κ2) is 7.96. The summed E-state index contributed by atoms with van der Waals surface area (Å²) in [6.45, 7) is 14.3. The zero-order valence-electron chi connectivity index (χ0n) is 27.7. The molecule has 4 bridgehead atoms. The van der Waals surface area contributed by atoms with Crippen molar-refractivity contribution in [2.45, 2.75) is 127 Å². The standard InChI is InChI=1S/C40H43BN4/c1-39(2,3)37-42-26-18-24-20-10-14-22(15-11-20)30(24)33-35(26)44(37)28-8-7-9-29-32(28)41(33)34-31-23-16-12-21(13-17-23)25(31)19-27-36(34)45(29)38(43-27)40(4,5)6/h7-9,18-23H,10-17H2,1-6H3. The minimum atomic E-state index is -0.0743. The van der Waals surface area contributed by atoms with Crippen molar-refractivity contribution in [2.75, 3.05) is 0 Å². The SMILES string of the molecule is CC(C)(C)c1nc2cc3c(c4c2n1-c1cccc2c1B4c1c4c(cc5nc(C(C)(C)C)n-2c15)C1CCC4CC1)C1CCC3CC1. The van der Waals surface area contributed by atoms with Gasteiger partial charge in [0.2, 0.25) is 0 Å². The highest BCUT2D eigenvalue weighted by Gasteiger charge is 2.50. The molecule has 4 heterocycles. The molecule has 2 saturated carbocycles. The molecule has 2 fully saturated rings. The molecule has 3 aromatic carbocycles. The average Bonchev–Trinajstić information content (AvgIpc) is 3.62. The summed E-state index contributed by atoms with van der Waals surface area (Å²) in [6, 6.07) is 12.2. The lowest BCUT2D eigenvalue weighted by Crippen LogP contribution is -2.63. The van der Waals surface area contributed by atoms with E-state index >= 15 is 0 Å². The Morgan fingerprint density at radius 2 is 0.978 bits per heavy atom. The van der Waals surface area contributed by atoms with Gasteiger partial charge >= 0.3 is 0 Å². The van der Waals surface area contributed by atoms with Crippen LogP contribution >= 0.6 is 0 Å². The number of imidazole rings is 2. The van der Waals surface area contributed by atoms with Gasteiger partial charge in [0.05, 0.1) is 22.1 Å². The van der Waals surface area contributed by atoms with Crippen LogP contribution in [0.1, 0.15) is 150 Å². The molecule has 2 aliphatic heterocycles. The smallest absolute Gasteiger partial charge is 0.253 e. The van der Waals surface area contributed by atoms with Crippen molar-refractivity contribution >= 4 is 45.2 Å². The van der Waals surface area contributed by atoms with E-state index in [9.17, 15) is 0 Å². The van der Waals surface area contributed by atoms with Crippen LogP contribution in [0.5, 0.6) is 0 Å². The summed E-state index contributed by atoms with van der Waals surface area (Å²) in [5.74, 6) is 5.12. The lowest BCUT2D eigenvalue weighted by molar-refractivity contribution is 0.360. The van der Waals surface area contributed by atoms with E-state index in [0.717, 1.165) is 0 Å². The summed E-state index contributed by atoms with van der Waals surface area (Å²) in [6.07, 6.45) is 10.8. The fourth-order valence-electron chi connectivity index (χ4n) is 11.3. The third kappa shape index (κ3) is 2.99. The molecule has 0 radical (unpaired) electrons. The van der Waals surface area contributed by atoms with E-state index in [2.05, 4.69) is 81.0 Å². The normalized spacial score (nSPS) is 25.2. The fourth-order valence-corrected chi connectivity index (χ4v) is 11.3. The van der Waals surface area contributed by atoms with Crippen molar-refractivity contribution < 1.29 is 0 Å². The van der Waals surface area contributed by atoms with Gasteiger partial charge in [-0.25, -0.2) is 9.97 Å². The Bertz CT molecular complexity index is 2020. The van der Waals surface area contributed by atoms with Crippen LogP contribution in [-0.2, 0) is 10.8 Å². The van der Waals surface area contributed by atoms with Gasteiger partial charge in [-0.2, -0.15) is 0 Å². The highest BCUT2D eigenvalue weighted by atomic mass is 15.1. The van der Waals surface area contributed by atoms with Gasteiger partial charge in [-0.05, 0) is 138 Å². The van der Waals surface area contributed by atoms with Gasteiger partial charge in [-0.15, -0.1) is 0 Å². The zero-order chi connectivity index (χ0) is 30.3. The van der Waals surface area contributed by atoms with Crippen molar-refractivity contribution in [3.05, 3.63) is 64.2 Å². The van der Waals surface area contributed by atoms with Crippen LogP contribution in [0, 0.1) is 0 Å². The molecular formula is C40H43BN4. The zero-order valence-corrected chi connectivity index (χ0v) is 27.7. The van der Waals surface area contributed by atoms with E-state index in [1.807, 2.05) is 0 Å². The fraction of sp³-hybridized carbons (Fsp3) is 0.500. The van der Waals surface area contributed by atoms with Crippen molar-refractivity contribution in [1.82, 2.24) is 19.1 Å². The monoisotopic (exact) mass is 590 g/mol. The number of nitrogens with zero attached hydrogens (tertiary/aromatic N) is 4. The number of fused-ring (bicyclic) bond motifs is 8. The van der Waals surface area contributed by atoms with Crippen LogP contribution in [0.3, 0.4) is 0 Å². The molecule has 6 aliphatic carbocycles. The number of rotatable bonds is 0. The van der Waals surface area contributed by atoms with Gasteiger partial charge in [-0.1, -0.05) is 47.6 Å². The van der Waals surface area contributed by atoms with Gasteiger partial charge in [-0.3, -0.25) is 9.13 Å². The van der Waals surface area contributed by atoms with Crippen LogP contribution in [0.4, 0.5) is 0 Å². The molecule has 5 aromatic rings. The summed E-state index contributed by atoms with van der Waals surface area (Å²) < 4.78 is 5.25. The molecule has 0 spiro atoms. The van der Waals surface area contributed by atoms with Crippen LogP contribution in [0.2, 0.25) is 0 Å². The quantitative estimate of drug-likeness (QED) is 0.171. The van der Waals surface area contributed by atoms with Crippen LogP contribution in [-0.4, -0.2) is 25.8 Å². The van der Waals surface area contributed by atoms with E-state index in [-0.39, 0.29) is 17.5 Å². The molecule has 2 aromatic heterocycles. The number of benzene rings is 3. The molecule has 8 aliphatic rings. The second-order valence-electron chi connectivity index (χ2n) is 17.6. The maximum Gasteiger partial charge on any atom is 0.253 e. The second-order valence-corrected chi connectivity index (χ2v) is 17.6. The van der Waals surface area contributed by atoms with E-state index < -0.39 is 0 Å². The highest BCUT2D eigenvalue weighted by Crippen LogP contribution is 2.53. The Balaban J connectivity index is 1.39. The Kier molecular flexibility index (Phi) is 4.56. The molecule has 0 N–H and O–H groups in total. The van der Waals surface area contributed by atoms with Gasteiger partial charge < -0.3 is 0 Å². The maximum absolute atomic E-state index is 5.58. The molecule has 45 heavy (non-hydrogen) atoms. The molecule has 4 nitrogen and oxygen atoms in total. The maximum atomic E-state index is 5.58. The Hall–Kier alpha value is -3.34. The van der Waals surface area contributed by atoms with E-state index in [0.29, 0.717) is 23.7 Å². The lowest BCUT2D eigenvalue weighted by atomic mass is 9.31. The molecule has 226 valence electrons. The van der Waals surface area contributed by atoms with Gasteiger partial charge in [0, 0.05) is 22.2 Å². The van der Waals surface area contributed by atoms with Crippen molar-refractivity contribution in [1.29, 1.82) is 0 Å². The molecular weight excluding hydrogens is 547 g/mol. The van der Waals surface area contributed by atoms with Crippen molar-refractivity contribution in [3.63, 3.8) is 0 Å². The predicted octanol–water partition coefficient (Wildman–Crippen LogP) is 7.61.